The van der Waals surface area contributed by atoms with Gasteiger partial charge in [-0.2, -0.15) is 0 Å². The van der Waals surface area contributed by atoms with Crippen LogP contribution >= 0.6 is 0 Å². The van der Waals surface area contributed by atoms with E-state index in [2.05, 4.69) is 6.92 Å². The highest BCUT2D eigenvalue weighted by Gasteiger charge is 2.82. The van der Waals surface area contributed by atoms with Crippen LogP contribution in [0.25, 0.3) is 0 Å². The molecule has 154 valence electrons. The van der Waals surface area contributed by atoms with E-state index < -0.39 is 28.1 Å². The highest BCUT2D eigenvalue weighted by atomic mass is 32.2. The number of methoxy groups -OCH3 is 1. The molecular formula is C22H30O5S. The monoisotopic (exact) mass is 406 g/mol. The molecule has 2 saturated carbocycles. The molecule has 1 aromatic rings. The van der Waals surface area contributed by atoms with E-state index in [1.54, 1.807) is 0 Å². The first kappa shape index (κ1) is 20.0. The molecule has 0 bridgehead atoms. The number of hydrogen-bond acceptors (Lipinski definition) is 5. The van der Waals surface area contributed by atoms with Crippen molar-refractivity contribution in [3.8, 4) is 0 Å². The van der Waals surface area contributed by atoms with E-state index in [4.69, 9.17) is 9.47 Å². The van der Waals surface area contributed by atoms with Crippen molar-refractivity contribution in [2.75, 3.05) is 7.11 Å². The molecule has 1 saturated heterocycles. The first-order valence-corrected chi connectivity index (χ1v) is 11.3. The fourth-order valence-corrected chi connectivity index (χ4v) is 7.84. The molecule has 8 atom stereocenters. The van der Waals surface area contributed by atoms with Gasteiger partial charge in [0.15, 0.2) is 0 Å². The Morgan fingerprint density at radius 2 is 2.00 bits per heavy atom. The number of epoxide rings is 1. The fraction of sp³-hybridized carbons (Fsp3) is 0.682. The Hall–Kier alpha value is -1.24. The van der Waals surface area contributed by atoms with E-state index >= 15 is 0 Å². The molecule has 0 radical (unpaired) electrons. The molecule has 0 amide bonds. The summed E-state index contributed by atoms with van der Waals surface area (Å²) in [5.74, 6) is -0.277. The molecular weight excluding hydrogens is 376 g/mol. The predicted octanol–water partition coefficient (Wildman–Crippen LogP) is 3.07. The summed E-state index contributed by atoms with van der Waals surface area (Å²) in [6.07, 6.45) is 2.19. The van der Waals surface area contributed by atoms with Crippen molar-refractivity contribution >= 4 is 16.8 Å². The summed E-state index contributed by atoms with van der Waals surface area (Å²) in [6.45, 7) is 6.06. The third-order valence-electron chi connectivity index (χ3n) is 7.95. The average molecular weight is 407 g/mol. The topological polar surface area (TPSA) is 76.1 Å². The second kappa shape index (κ2) is 6.64. The molecule has 6 heteroatoms. The minimum Gasteiger partial charge on any atom is -0.469 e. The molecule has 1 unspecified atom stereocenters. The Labute approximate surface area is 169 Å². The third-order valence-corrected chi connectivity index (χ3v) is 9.92. The summed E-state index contributed by atoms with van der Waals surface area (Å²) >= 11 is 0. The summed E-state index contributed by atoms with van der Waals surface area (Å²) in [6, 6.07) is 9.50. The number of aliphatic hydroxyl groups is 1. The number of rotatable bonds is 4. The van der Waals surface area contributed by atoms with Crippen LogP contribution in [0.5, 0.6) is 0 Å². The Balaban J connectivity index is 1.68. The largest absolute Gasteiger partial charge is 0.469 e. The quantitative estimate of drug-likeness (QED) is 0.614. The first-order valence-electron chi connectivity index (χ1n) is 10.1. The highest BCUT2D eigenvalue weighted by molar-refractivity contribution is 7.85. The number of esters is 1. The van der Waals surface area contributed by atoms with Gasteiger partial charge >= 0.3 is 5.97 Å². The summed E-state index contributed by atoms with van der Waals surface area (Å²) in [5.41, 5.74) is -1.49. The van der Waals surface area contributed by atoms with Crippen LogP contribution in [-0.4, -0.2) is 45.0 Å². The number of aliphatic hydroxyl groups excluding tert-OH is 1. The van der Waals surface area contributed by atoms with Crippen LogP contribution in [0.1, 0.15) is 46.5 Å². The van der Waals surface area contributed by atoms with Crippen LogP contribution < -0.4 is 0 Å². The van der Waals surface area contributed by atoms with Crippen molar-refractivity contribution in [1.29, 1.82) is 0 Å². The van der Waals surface area contributed by atoms with Gasteiger partial charge in [0.25, 0.3) is 0 Å². The van der Waals surface area contributed by atoms with Crippen LogP contribution in [0, 0.1) is 17.3 Å². The van der Waals surface area contributed by atoms with Gasteiger partial charge in [-0.15, -0.1) is 0 Å². The summed E-state index contributed by atoms with van der Waals surface area (Å²) < 4.78 is 24.8. The summed E-state index contributed by atoms with van der Waals surface area (Å²) in [7, 11) is 0.192. The van der Waals surface area contributed by atoms with Gasteiger partial charge in [0.2, 0.25) is 0 Å². The lowest BCUT2D eigenvalue weighted by molar-refractivity contribution is -0.148. The standard InChI is InChI=1S/C22H30O5S/c1-14(19(24)26-4)15-10-11-20(2)18(28(25)16-8-6-5-7-9-16)12-17(23)21(3)22(20,13-15)27-21/h5-9,14-15,17-18,23H,10-13H2,1-4H3/t14-,15+,17-,18+,20-,21-,22+,28?/m0/s1. The molecule has 1 aromatic carbocycles. The zero-order chi connectivity index (χ0) is 20.3. The van der Waals surface area contributed by atoms with Crippen molar-refractivity contribution in [2.45, 2.75) is 73.9 Å². The van der Waals surface area contributed by atoms with Crippen molar-refractivity contribution < 1.29 is 23.6 Å². The van der Waals surface area contributed by atoms with E-state index in [0.29, 0.717) is 12.8 Å². The van der Waals surface area contributed by atoms with E-state index in [-0.39, 0.29) is 28.5 Å². The van der Waals surface area contributed by atoms with Gasteiger partial charge < -0.3 is 14.6 Å². The highest BCUT2D eigenvalue weighted by Crippen LogP contribution is 2.72. The maximum absolute atomic E-state index is 13.5. The van der Waals surface area contributed by atoms with E-state index in [1.807, 2.05) is 44.2 Å². The molecule has 2 aliphatic carbocycles. The van der Waals surface area contributed by atoms with E-state index in [0.717, 1.165) is 17.7 Å². The van der Waals surface area contributed by atoms with Crippen LogP contribution in [0.3, 0.4) is 0 Å². The lowest BCUT2D eigenvalue weighted by atomic mass is 9.53. The summed E-state index contributed by atoms with van der Waals surface area (Å²) in [4.78, 5) is 12.9. The zero-order valence-electron chi connectivity index (χ0n) is 17.0. The van der Waals surface area contributed by atoms with E-state index in [1.165, 1.54) is 7.11 Å². The third kappa shape index (κ3) is 2.57. The Morgan fingerprint density at radius 1 is 1.32 bits per heavy atom. The van der Waals surface area contributed by atoms with Crippen LogP contribution in [0.4, 0.5) is 0 Å². The number of carbonyl (C=O) groups excluding carboxylic acids is 1. The molecule has 5 nitrogen and oxygen atoms in total. The van der Waals surface area contributed by atoms with Crippen LogP contribution in [-0.2, 0) is 25.1 Å². The van der Waals surface area contributed by atoms with Crippen molar-refractivity contribution in [3.63, 3.8) is 0 Å². The molecule has 3 aliphatic rings. The van der Waals surface area contributed by atoms with Crippen LogP contribution in [0.2, 0.25) is 0 Å². The van der Waals surface area contributed by atoms with Gasteiger partial charge in [-0.25, -0.2) is 0 Å². The Kier molecular flexibility index (Phi) is 4.76. The van der Waals surface area contributed by atoms with Gasteiger partial charge in [-0.1, -0.05) is 32.0 Å². The molecule has 1 N–H and O–H groups in total. The minimum atomic E-state index is -1.23. The van der Waals surface area contributed by atoms with Crippen LogP contribution in [0.15, 0.2) is 35.2 Å². The van der Waals surface area contributed by atoms with Gasteiger partial charge in [0.05, 0.1) is 35.2 Å². The molecule has 28 heavy (non-hydrogen) atoms. The van der Waals surface area contributed by atoms with Gasteiger partial charge in [0, 0.05) is 10.3 Å². The molecule has 3 fully saturated rings. The van der Waals surface area contributed by atoms with Crippen molar-refractivity contribution in [3.05, 3.63) is 30.3 Å². The summed E-state index contributed by atoms with van der Waals surface area (Å²) in [5, 5.41) is 10.7. The van der Waals surface area contributed by atoms with Gasteiger partial charge in [-0.05, 0) is 50.7 Å². The average Bonchev–Trinajstić information content (AvgIpc) is 3.34. The lowest BCUT2D eigenvalue weighted by Gasteiger charge is -2.52. The Morgan fingerprint density at radius 3 is 2.64 bits per heavy atom. The SMILES string of the molecule is COC(=O)[C@@H](C)[C@@H]1CC[C@@]2(C)[C@H](S(=O)c3ccccc3)C[C@H](O)[C@]3(C)O[C@]23C1. The number of carbonyl (C=O) groups is 1. The number of benzene rings is 1. The van der Waals surface area contributed by atoms with Crippen molar-refractivity contribution in [1.82, 2.24) is 0 Å². The van der Waals surface area contributed by atoms with Gasteiger partial charge in [-0.3, -0.25) is 9.00 Å². The molecule has 1 aliphatic heterocycles. The van der Waals surface area contributed by atoms with Gasteiger partial charge in [0.1, 0.15) is 11.2 Å². The molecule has 0 aromatic heterocycles. The molecule has 1 heterocycles. The minimum absolute atomic E-state index is 0.137. The Bertz CT molecular complexity index is 797. The first-order chi connectivity index (χ1) is 13.2. The normalized spacial score (nSPS) is 44.0. The fourth-order valence-electron chi connectivity index (χ4n) is 5.95. The maximum atomic E-state index is 13.5. The molecule has 4 rings (SSSR count). The van der Waals surface area contributed by atoms with E-state index in [9.17, 15) is 14.1 Å². The second-order valence-electron chi connectivity index (χ2n) is 9.12. The lowest BCUT2D eigenvalue weighted by Crippen LogP contribution is -2.61. The molecule has 1 spiro atoms. The smallest absolute Gasteiger partial charge is 0.308 e. The predicted molar refractivity (Wildman–Crippen MR) is 106 cm³/mol. The zero-order valence-corrected chi connectivity index (χ0v) is 17.8. The second-order valence-corrected chi connectivity index (χ2v) is 10.8. The van der Waals surface area contributed by atoms with Crippen molar-refractivity contribution in [2.24, 2.45) is 17.3 Å². The maximum Gasteiger partial charge on any atom is 0.308 e. The number of ether oxygens (including phenoxy) is 2. The number of hydrogen-bond donors (Lipinski definition) is 1.